The summed E-state index contributed by atoms with van der Waals surface area (Å²) in [6.45, 7) is 1.01. The largest absolute Gasteiger partial charge is 0.496 e. The number of benzene rings is 2. The van der Waals surface area contributed by atoms with E-state index in [9.17, 15) is 9.59 Å². The first kappa shape index (κ1) is 22.0. The number of para-hydroxylation sites is 1. The van der Waals surface area contributed by atoms with Crippen molar-refractivity contribution in [3.63, 3.8) is 0 Å². The molecule has 5 rings (SSSR count). The lowest BCUT2D eigenvalue weighted by molar-refractivity contribution is 0.0634. The van der Waals surface area contributed by atoms with E-state index in [0.717, 1.165) is 26.0 Å². The second-order valence-electron chi connectivity index (χ2n) is 8.21. The summed E-state index contributed by atoms with van der Waals surface area (Å²) >= 11 is 5.01. The van der Waals surface area contributed by atoms with Crippen LogP contribution in [0.5, 0.6) is 5.75 Å². The van der Waals surface area contributed by atoms with Gasteiger partial charge in [0.2, 0.25) is 0 Å². The number of carbonyl (C=O) groups is 2. The second-order valence-corrected chi connectivity index (χ2v) is 9.97. The maximum atomic E-state index is 13.4. The third kappa shape index (κ3) is 3.93. The summed E-state index contributed by atoms with van der Waals surface area (Å²) < 4.78 is 6.43. The van der Waals surface area contributed by atoms with Gasteiger partial charge in [0.05, 0.1) is 18.2 Å². The van der Waals surface area contributed by atoms with Gasteiger partial charge in [0, 0.05) is 52.4 Å². The summed E-state index contributed by atoms with van der Waals surface area (Å²) in [5, 5.41) is 7.51. The molecule has 1 fully saturated rings. The first-order chi connectivity index (χ1) is 15.9. The monoisotopic (exact) mass is 526 g/mol. The number of methoxy groups -OCH3 is 1. The smallest absolute Gasteiger partial charge is 0.272 e. The average Bonchev–Trinajstić information content (AvgIpc) is 2.83. The van der Waals surface area contributed by atoms with E-state index in [2.05, 4.69) is 26.6 Å². The Balaban J connectivity index is 1.38. The zero-order chi connectivity index (χ0) is 23.2. The summed E-state index contributed by atoms with van der Waals surface area (Å²) in [7, 11) is 1.60. The molecule has 170 valence electrons. The van der Waals surface area contributed by atoms with Gasteiger partial charge in [-0.15, -0.1) is 11.8 Å². The van der Waals surface area contributed by atoms with Crippen molar-refractivity contribution in [1.82, 2.24) is 15.2 Å². The summed E-state index contributed by atoms with van der Waals surface area (Å²) in [5.41, 5.74) is 2.01. The van der Waals surface area contributed by atoms with Gasteiger partial charge in [0.1, 0.15) is 17.1 Å². The molecule has 2 N–H and O–H groups in total. The number of anilines is 1. The van der Waals surface area contributed by atoms with Crippen molar-refractivity contribution < 1.29 is 14.3 Å². The van der Waals surface area contributed by atoms with Gasteiger partial charge in [-0.25, -0.2) is 4.98 Å². The number of amides is 2. The minimum absolute atomic E-state index is 0.102. The van der Waals surface area contributed by atoms with Crippen molar-refractivity contribution in [2.24, 2.45) is 0 Å². The van der Waals surface area contributed by atoms with Crippen LogP contribution in [0.1, 0.15) is 33.7 Å². The van der Waals surface area contributed by atoms with Crippen LogP contribution < -0.4 is 15.4 Å². The molecule has 0 radical (unpaired) electrons. The molecule has 2 amide bonds. The highest BCUT2D eigenvalue weighted by Gasteiger charge is 2.41. The molecule has 0 aliphatic carbocycles. The quantitative estimate of drug-likeness (QED) is 0.488. The Labute approximate surface area is 204 Å². The minimum Gasteiger partial charge on any atom is -0.496 e. The van der Waals surface area contributed by atoms with Gasteiger partial charge < -0.3 is 20.3 Å². The number of nitrogens with one attached hydrogen (secondary N) is 2. The number of rotatable bonds is 3. The maximum Gasteiger partial charge on any atom is 0.272 e. The Hall–Kier alpha value is -2.78. The maximum absolute atomic E-state index is 13.4. The molecule has 9 heteroatoms. The standard InChI is InChI=1S/C24H23BrN4O3S/c1-32-19-13-18(26-21-15(19)4-3-5-20(21)33-2)23(31)29-10-8-24(9-11-29)27-17-7-6-14(25)12-16(17)22(30)28-24/h3-7,12-13,27H,8-11H2,1-2H3,(H,28,30). The molecule has 7 nitrogen and oxygen atoms in total. The molecule has 2 aliphatic rings. The van der Waals surface area contributed by atoms with Crippen LogP contribution in [0.25, 0.3) is 10.9 Å². The fraction of sp³-hybridized carbons (Fsp3) is 0.292. The lowest BCUT2D eigenvalue weighted by Crippen LogP contribution is -2.62. The number of pyridine rings is 1. The van der Waals surface area contributed by atoms with E-state index in [1.165, 1.54) is 0 Å². The zero-order valence-electron chi connectivity index (χ0n) is 18.3. The van der Waals surface area contributed by atoms with Gasteiger partial charge >= 0.3 is 0 Å². The summed E-state index contributed by atoms with van der Waals surface area (Å²) in [6, 6.07) is 13.3. The van der Waals surface area contributed by atoms with E-state index in [4.69, 9.17) is 9.72 Å². The summed E-state index contributed by atoms with van der Waals surface area (Å²) in [4.78, 5) is 33.6. The van der Waals surface area contributed by atoms with Crippen molar-refractivity contribution in [3.8, 4) is 5.75 Å². The number of piperidine rings is 1. The molecular formula is C24H23BrN4O3S. The molecule has 0 unspecified atom stereocenters. The van der Waals surface area contributed by atoms with Gasteiger partial charge in [-0.05, 0) is 36.6 Å². The van der Waals surface area contributed by atoms with E-state index < -0.39 is 5.66 Å². The van der Waals surface area contributed by atoms with Crippen LogP contribution in [0.15, 0.2) is 51.8 Å². The number of fused-ring (bicyclic) bond motifs is 2. The van der Waals surface area contributed by atoms with Crippen molar-refractivity contribution in [2.75, 3.05) is 31.8 Å². The lowest BCUT2D eigenvalue weighted by atomic mass is 9.92. The normalized spacial score (nSPS) is 16.8. The van der Waals surface area contributed by atoms with Crippen molar-refractivity contribution in [1.29, 1.82) is 0 Å². The highest BCUT2D eigenvalue weighted by atomic mass is 79.9. The summed E-state index contributed by atoms with van der Waals surface area (Å²) in [6.07, 6.45) is 3.19. The van der Waals surface area contributed by atoms with E-state index >= 15 is 0 Å². The van der Waals surface area contributed by atoms with Crippen LogP contribution in [0, 0.1) is 0 Å². The van der Waals surface area contributed by atoms with Crippen molar-refractivity contribution in [2.45, 2.75) is 23.4 Å². The highest BCUT2D eigenvalue weighted by Crippen LogP contribution is 2.34. The number of hydrogen-bond acceptors (Lipinski definition) is 6. The van der Waals surface area contributed by atoms with Gasteiger partial charge in [-0.3, -0.25) is 9.59 Å². The van der Waals surface area contributed by atoms with E-state index in [-0.39, 0.29) is 11.8 Å². The molecular weight excluding hydrogens is 504 g/mol. The third-order valence-electron chi connectivity index (χ3n) is 6.28. The summed E-state index contributed by atoms with van der Waals surface area (Å²) in [5.74, 6) is 0.402. The van der Waals surface area contributed by atoms with E-state index in [0.29, 0.717) is 42.9 Å². The van der Waals surface area contributed by atoms with Crippen molar-refractivity contribution >= 4 is 56.1 Å². The number of thioether (sulfide) groups is 1. The SMILES string of the molecule is COc1cc(C(=O)N2CCC3(CC2)NC(=O)c2cc(Br)ccc2N3)nc2c(SC)cccc12. The second kappa shape index (κ2) is 8.53. The number of aromatic nitrogens is 1. The zero-order valence-corrected chi connectivity index (χ0v) is 20.7. The fourth-order valence-corrected chi connectivity index (χ4v) is 5.45. The van der Waals surface area contributed by atoms with Gasteiger partial charge in [-0.2, -0.15) is 0 Å². The van der Waals surface area contributed by atoms with Crippen LogP contribution in [-0.4, -0.2) is 53.8 Å². The number of carbonyl (C=O) groups excluding carboxylic acids is 2. The Morgan fingerprint density at radius 2 is 1.97 bits per heavy atom. The van der Waals surface area contributed by atoms with Crippen LogP contribution in [0.2, 0.25) is 0 Å². The molecule has 0 bridgehead atoms. The molecule has 1 aromatic heterocycles. The Kier molecular flexibility index (Phi) is 5.70. The Morgan fingerprint density at radius 3 is 2.70 bits per heavy atom. The average molecular weight is 527 g/mol. The molecule has 33 heavy (non-hydrogen) atoms. The van der Waals surface area contributed by atoms with E-state index in [1.807, 2.05) is 42.7 Å². The lowest BCUT2D eigenvalue weighted by Gasteiger charge is -2.45. The number of nitrogens with zero attached hydrogens (tertiary/aromatic N) is 2. The fourth-order valence-electron chi connectivity index (χ4n) is 4.52. The van der Waals surface area contributed by atoms with Crippen LogP contribution >= 0.6 is 27.7 Å². The molecule has 0 saturated carbocycles. The molecule has 2 aromatic carbocycles. The van der Waals surface area contributed by atoms with Gasteiger partial charge in [0.15, 0.2) is 0 Å². The first-order valence-electron chi connectivity index (χ1n) is 10.6. The van der Waals surface area contributed by atoms with Crippen LogP contribution in [-0.2, 0) is 0 Å². The number of hydrogen-bond donors (Lipinski definition) is 2. The number of likely N-dealkylation sites (tertiary alicyclic amines) is 1. The van der Waals surface area contributed by atoms with Gasteiger partial charge in [0.25, 0.3) is 11.8 Å². The third-order valence-corrected chi connectivity index (χ3v) is 7.54. The predicted octanol–water partition coefficient (Wildman–Crippen LogP) is 4.52. The van der Waals surface area contributed by atoms with E-state index in [1.54, 1.807) is 29.8 Å². The minimum atomic E-state index is -0.560. The van der Waals surface area contributed by atoms with Crippen LogP contribution in [0.3, 0.4) is 0 Å². The highest BCUT2D eigenvalue weighted by molar-refractivity contribution is 9.10. The van der Waals surface area contributed by atoms with Crippen LogP contribution in [0.4, 0.5) is 5.69 Å². The molecule has 1 saturated heterocycles. The molecule has 2 aliphatic heterocycles. The number of halogens is 1. The predicted molar refractivity (Wildman–Crippen MR) is 133 cm³/mol. The molecule has 3 heterocycles. The molecule has 1 spiro atoms. The Bertz CT molecular complexity index is 1270. The molecule has 0 atom stereocenters. The van der Waals surface area contributed by atoms with Crippen molar-refractivity contribution in [3.05, 3.63) is 58.2 Å². The Morgan fingerprint density at radius 1 is 1.18 bits per heavy atom. The molecule has 3 aromatic rings. The van der Waals surface area contributed by atoms with Gasteiger partial charge in [-0.1, -0.05) is 22.0 Å². The first-order valence-corrected chi connectivity index (χ1v) is 12.7. The topological polar surface area (TPSA) is 83.6 Å². The number of ether oxygens (including phenoxy) is 1.